The number of urea groups is 1. The number of anilines is 2. The van der Waals surface area contributed by atoms with E-state index in [2.05, 4.69) is 16.0 Å². The van der Waals surface area contributed by atoms with E-state index in [-0.39, 0.29) is 36.7 Å². The number of carbonyl (C=O) groups excluding carboxylic acids is 3. The second-order valence-corrected chi connectivity index (χ2v) is 9.06. The van der Waals surface area contributed by atoms with Crippen LogP contribution in [0.15, 0.2) is 42.5 Å². The number of carbonyl (C=O) groups is 3. The van der Waals surface area contributed by atoms with Gasteiger partial charge in [0, 0.05) is 30.0 Å². The van der Waals surface area contributed by atoms with Crippen LogP contribution in [-0.2, 0) is 9.53 Å². The van der Waals surface area contributed by atoms with Crippen molar-refractivity contribution in [2.75, 3.05) is 30.8 Å². The third-order valence-corrected chi connectivity index (χ3v) is 6.41. The van der Waals surface area contributed by atoms with E-state index in [1.165, 1.54) is 0 Å². The molecule has 9 nitrogen and oxygen atoms in total. The topological polar surface area (TPSA) is 109 Å². The van der Waals surface area contributed by atoms with Gasteiger partial charge in [-0.05, 0) is 62.2 Å². The molecule has 35 heavy (non-hydrogen) atoms. The second-order valence-electron chi connectivity index (χ2n) is 8.62. The maximum Gasteiger partial charge on any atom is 0.323 e. The average molecular weight is 501 g/mol. The number of rotatable bonds is 5. The van der Waals surface area contributed by atoms with E-state index < -0.39 is 6.03 Å². The van der Waals surface area contributed by atoms with Crippen molar-refractivity contribution in [1.29, 1.82) is 0 Å². The number of halogens is 1. The Morgan fingerprint density at radius 3 is 2.54 bits per heavy atom. The van der Waals surface area contributed by atoms with Crippen LogP contribution >= 0.6 is 11.6 Å². The van der Waals surface area contributed by atoms with Crippen LogP contribution in [0.25, 0.3) is 0 Å². The molecule has 3 N–H and O–H groups in total. The summed E-state index contributed by atoms with van der Waals surface area (Å²) in [4.78, 5) is 39.4. The van der Waals surface area contributed by atoms with Crippen molar-refractivity contribution >= 4 is 40.8 Å². The fourth-order valence-corrected chi connectivity index (χ4v) is 4.53. The third kappa shape index (κ3) is 6.04. The van der Waals surface area contributed by atoms with Gasteiger partial charge in [0.25, 0.3) is 5.91 Å². The maximum absolute atomic E-state index is 13.3. The van der Waals surface area contributed by atoms with Crippen molar-refractivity contribution in [2.45, 2.75) is 44.4 Å². The van der Waals surface area contributed by atoms with Gasteiger partial charge in [0.15, 0.2) is 0 Å². The van der Waals surface area contributed by atoms with E-state index in [1.807, 2.05) is 6.92 Å². The lowest BCUT2D eigenvalue weighted by Crippen LogP contribution is -2.54. The summed E-state index contributed by atoms with van der Waals surface area (Å²) in [6.07, 6.45) is 1.12. The van der Waals surface area contributed by atoms with Crippen molar-refractivity contribution < 1.29 is 23.9 Å². The first kappa shape index (κ1) is 24.8. The van der Waals surface area contributed by atoms with E-state index in [0.29, 0.717) is 53.5 Å². The molecule has 2 aliphatic heterocycles. The van der Waals surface area contributed by atoms with Crippen molar-refractivity contribution in [3.63, 3.8) is 0 Å². The highest BCUT2D eigenvalue weighted by Gasteiger charge is 2.39. The molecular weight excluding hydrogens is 472 g/mol. The summed E-state index contributed by atoms with van der Waals surface area (Å²) in [5.41, 5.74) is 1.41. The first-order valence-electron chi connectivity index (χ1n) is 11.6. The fourth-order valence-electron chi connectivity index (χ4n) is 4.41. The van der Waals surface area contributed by atoms with Gasteiger partial charge in [-0.25, -0.2) is 4.79 Å². The minimum absolute atomic E-state index is 0.0439. The van der Waals surface area contributed by atoms with Gasteiger partial charge in [0.2, 0.25) is 5.91 Å². The van der Waals surface area contributed by atoms with Crippen molar-refractivity contribution in [3.8, 4) is 5.75 Å². The number of hydrogen-bond acceptors (Lipinski definition) is 5. The van der Waals surface area contributed by atoms with Crippen LogP contribution in [0.4, 0.5) is 16.2 Å². The zero-order valence-electron chi connectivity index (χ0n) is 19.7. The molecule has 1 saturated heterocycles. The molecule has 2 aliphatic rings. The van der Waals surface area contributed by atoms with Gasteiger partial charge in [-0.2, -0.15) is 0 Å². The zero-order valence-corrected chi connectivity index (χ0v) is 20.4. The fraction of sp³-hybridized carbons (Fsp3) is 0.400. The minimum atomic E-state index is -0.446. The number of likely N-dealkylation sites (N-methyl/N-ethyl adjacent to an activating group) is 1. The molecule has 1 fully saturated rings. The number of nitrogens with zero attached hydrogens (tertiary/aromatic N) is 1. The molecule has 2 aromatic carbocycles. The minimum Gasteiger partial charge on any atom is -0.490 e. The number of ether oxygens (including phenoxy) is 2. The Morgan fingerprint density at radius 1 is 1.09 bits per heavy atom. The van der Waals surface area contributed by atoms with Crippen LogP contribution in [0.1, 0.15) is 36.5 Å². The Bertz CT molecular complexity index is 1090. The number of hydrogen-bond donors (Lipinski definition) is 3. The summed E-state index contributed by atoms with van der Waals surface area (Å²) in [6, 6.07) is 11.1. The van der Waals surface area contributed by atoms with Crippen molar-refractivity contribution in [1.82, 2.24) is 10.2 Å². The standard InChI is InChI=1S/C25H29ClN4O5/c1-3-27-23(31)13-18-9-10-20-22(35-18)14-34-21-11-8-17(12-19(21)24(32)30(20)2)29-25(33)28-16-6-4-15(26)5-7-16/h4-8,11-12,18,20,22H,3,9-10,13-14H2,1-2H3,(H,27,31)(H2,28,29,33)/t18-,20+,22+/m1/s1. The Hall–Kier alpha value is -3.30. The van der Waals surface area contributed by atoms with Gasteiger partial charge in [-0.15, -0.1) is 0 Å². The predicted octanol–water partition coefficient (Wildman–Crippen LogP) is 3.89. The van der Waals surface area contributed by atoms with E-state index in [1.54, 1.807) is 54.4 Å². The van der Waals surface area contributed by atoms with Crippen molar-refractivity contribution in [2.24, 2.45) is 0 Å². The van der Waals surface area contributed by atoms with Gasteiger partial charge in [-0.3, -0.25) is 9.59 Å². The molecule has 0 spiro atoms. The lowest BCUT2D eigenvalue weighted by atomic mass is 9.94. The molecule has 186 valence electrons. The van der Waals surface area contributed by atoms with Gasteiger partial charge >= 0.3 is 6.03 Å². The van der Waals surface area contributed by atoms with Crippen molar-refractivity contribution in [3.05, 3.63) is 53.1 Å². The SMILES string of the molecule is CCNC(=O)C[C@H]1CC[C@H]2[C@H](COc3ccc(NC(=O)Nc4ccc(Cl)cc4)cc3C(=O)N2C)O1. The predicted molar refractivity (Wildman–Crippen MR) is 133 cm³/mol. The van der Waals surface area contributed by atoms with E-state index in [9.17, 15) is 14.4 Å². The Balaban J connectivity index is 1.44. The number of benzene rings is 2. The van der Waals surface area contributed by atoms with E-state index >= 15 is 0 Å². The highest BCUT2D eigenvalue weighted by Crippen LogP contribution is 2.32. The zero-order chi connectivity index (χ0) is 24.9. The average Bonchev–Trinajstić information content (AvgIpc) is 2.83. The molecule has 2 heterocycles. The number of amides is 4. The van der Waals surface area contributed by atoms with E-state index in [4.69, 9.17) is 21.1 Å². The normalized spacial score (nSPS) is 21.5. The molecule has 3 atom stereocenters. The van der Waals surface area contributed by atoms with Gasteiger partial charge in [0.05, 0.1) is 24.1 Å². The molecule has 0 bridgehead atoms. The van der Waals surface area contributed by atoms with Crippen LogP contribution in [0, 0.1) is 0 Å². The first-order valence-corrected chi connectivity index (χ1v) is 12.0. The summed E-state index contributed by atoms with van der Waals surface area (Å²) >= 11 is 5.88. The number of nitrogens with one attached hydrogen (secondary N) is 3. The molecule has 4 amide bonds. The Morgan fingerprint density at radius 2 is 1.80 bits per heavy atom. The molecule has 4 rings (SSSR count). The highest BCUT2D eigenvalue weighted by molar-refractivity contribution is 6.30. The smallest absolute Gasteiger partial charge is 0.323 e. The summed E-state index contributed by atoms with van der Waals surface area (Å²) in [5.74, 6) is 0.151. The lowest BCUT2D eigenvalue weighted by Gasteiger charge is -2.42. The second kappa shape index (κ2) is 11.0. The van der Waals surface area contributed by atoms with Gasteiger partial charge < -0.3 is 30.3 Å². The lowest BCUT2D eigenvalue weighted by molar-refractivity contribution is -0.133. The highest BCUT2D eigenvalue weighted by atomic mass is 35.5. The summed E-state index contributed by atoms with van der Waals surface area (Å²) in [5, 5.41) is 8.84. The summed E-state index contributed by atoms with van der Waals surface area (Å²) in [7, 11) is 1.75. The van der Waals surface area contributed by atoms with Crippen LogP contribution < -0.4 is 20.7 Å². The van der Waals surface area contributed by atoms with E-state index in [0.717, 1.165) is 0 Å². The molecule has 0 aromatic heterocycles. The molecule has 0 radical (unpaired) electrons. The molecular formula is C25H29ClN4O5. The third-order valence-electron chi connectivity index (χ3n) is 6.16. The molecule has 0 unspecified atom stereocenters. The van der Waals surface area contributed by atoms with Crippen LogP contribution in [0.3, 0.4) is 0 Å². The summed E-state index contributed by atoms with van der Waals surface area (Å²) in [6.45, 7) is 2.71. The van der Waals surface area contributed by atoms with Gasteiger partial charge in [0.1, 0.15) is 18.5 Å². The molecule has 2 aromatic rings. The first-order chi connectivity index (χ1) is 16.8. The van der Waals surface area contributed by atoms with Crippen LogP contribution in [0.2, 0.25) is 5.02 Å². The molecule has 0 aliphatic carbocycles. The van der Waals surface area contributed by atoms with Crippen LogP contribution in [-0.4, -0.2) is 61.2 Å². The van der Waals surface area contributed by atoms with Gasteiger partial charge in [-0.1, -0.05) is 11.6 Å². The van der Waals surface area contributed by atoms with Crippen LogP contribution in [0.5, 0.6) is 5.75 Å². The maximum atomic E-state index is 13.3. The summed E-state index contributed by atoms with van der Waals surface area (Å²) < 4.78 is 12.1. The Kier molecular flexibility index (Phi) is 7.77. The molecule has 0 saturated carbocycles. The largest absolute Gasteiger partial charge is 0.490 e. The quantitative estimate of drug-likeness (QED) is 0.577. The monoisotopic (exact) mass is 500 g/mol. The Labute approximate surface area is 209 Å². The number of fused-ring (bicyclic) bond motifs is 2. The molecule has 10 heteroatoms.